The van der Waals surface area contributed by atoms with Crippen molar-refractivity contribution in [2.24, 2.45) is 0 Å². The monoisotopic (exact) mass is 280 g/mol. The van der Waals surface area contributed by atoms with Gasteiger partial charge < -0.3 is 10.6 Å². The van der Waals surface area contributed by atoms with Crippen LogP contribution in [0.3, 0.4) is 0 Å². The number of nitrogens with zero attached hydrogens (tertiary/aromatic N) is 2. The van der Waals surface area contributed by atoms with Crippen LogP contribution in [-0.2, 0) is 0 Å². The molecule has 2 aromatic carbocycles. The standard InChI is InChI=1S/C18H22N2.2Li/c1-15(17-9-5-3-6-10-17)19-13-14-20-16(2)18-11-7-4-8-12-18;;/h3-12,15-16H,13-14H2,1-2H3;;/q-2;2*+1/t15-,16-;;/m0../s1. The Kier molecular flexibility index (Phi) is 11.8. The molecule has 22 heavy (non-hydrogen) atoms. The number of rotatable bonds is 7. The Morgan fingerprint density at radius 1 is 0.636 bits per heavy atom. The third-order valence-corrected chi connectivity index (χ3v) is 3.47. The van der Waals surface area contributed by atoms with Gasteiger partial charge in [-0.2, -0.15) is 13.1 Å². The second-order valence-corrected chi connectivity index (χ2v) is 4.99. The van der Waals surface area contributed by atoms with Crippen LogP contribution >= 0.6 is 0 Å². The first-order chi connectivity index (χ1) is 9.77. The zero-order chi connectivity index (χ0) is 14.2. The van der Waals surface area contributed by atoms with E-state index < -0.39 is 0 Å². The van der Waals surface area contributed by atoms with Gasteiger partial charge in [0.2, 0.25) is 0 Å². The summed E-state index contributed by atoms with van der Waals surface area (Å²) in [5.74, 6) is 0. The van der Waals surface area contributed by atoms with Crippen molar-refractivity contribution < 1.29 is 37.7 Å². The minimum Gasteiger partial charge on any atom is -0.657 e. The van der Waals surface area contributed by atoms with E-state index in [1.54, 1.807) is 0 Å². The molecule has 0 fully saturated rings. The number of hydrogen-bond donors (Lipinski definition) is 0. The average Bonchev–Trinajstić information content (AvgIpc) is 2.53. The molecule has 0 unspecified atom stereocenters. The van der Waals surface area contributed by atoms with Crippen LogP contribution in [0.2, 0.25) is 0 Å². The second-order valence-electron chi connectivity index (χ2n) is 4.99. The van der Waals surface area contributed by atoms with Gasteiger partial charge in [0.1, 0.15) is 0 Å². The molecule has 2 atom stereocenters. The number of hydrogen-bond acceptors (Lipinski definition) is 0. The molecule has 2 rings (SSSR count). The molecule has 0 spiro atoms. The topological polar surface area (TPSA) is 28.2 Å². The molecule has 0 saturated carbocycles. The van der Waals surface area contributed by atoms with E-state index in [1.807, 2.05) is 12.1 Å². The predicted octanol–water partition coefficient (Wildman–Crippen LogP) is -0.736. The van der Waals surface area contributed by atoms with E-state index in [4.69, 9.17) is 0 Å². The first-order valence-electron chi connectivity index (χ1n) is 7.20. The Hall–Kier alpha value is -0.445. The van der Waals surface area contributed by atoms with Gasteiger partial charge in [-0.15, -0.1) is 12.1 Å². The fourth-order valence-corrected chi connectivity index (χ4v) is 2.18. The van der Waals surface area contributed by atoms with Crippen LogP contribution in [-0.4, -0.2) is 13.1 Å². The maximum atomic E-state index is 4.67. The minimum absolute atomic E-state index is 0. The summed E-state index contributed by atoms with van der Waals surface area (Å²) in [6.45, 7) is 5.84. The van der Waals surface area contributed by atoms with E-state index in [9.17, 15) is 0 Å². The van der Waals surface area contributed by atoms with E-state index in [0.29, 0.717) is 0 Å². The van der Waals surface area contributed by atoms with Crippen molar-refractivity contribution in [2.75, 3.05) is 13.1 Å². The van der Waals surface area contributed by atoms with Crippen molar-refractivity contribution in [1.82, 2.24) is 0 Å². The van der Waals surface area contributed by atoms with Gasteiger partial charge in [-0.05, 0) is 0 Å². The Morgan fingerprint density at radius 3 is 1.27 bits per heavy atom. The van der Waals surface area contributed by atoms with Crippen LogP contribution in [0.25, 0.3) is 10.6 Å². The molecule has 0 N–H and O–H groups in total. The van der Waals surface area contributed by atoms with Gasteiger partial charge in [0.05, 0.1) is 0 Å². The van der Waals surface area contributed by atoms with Gasteiger partial charge in [-0.3, -0.25) is 0 Å². The molecule has 4 heteroatoms. The van der Waals surface area contributed by atoms with Gasteiger partial charge in [0.25, 0.3) is 0 Å². The third kappa shape index (κ3) is 7.21. The minimum atomic E-state index is 0. The van der Waals surface area contributed by atoms with Crippen molar-refractivity contribution >= 4 is 0 Å². The third-order valence-electron chi connectivity index (χ3n) is 3.47. The van der Waals surface area contributed by atoms with Crippen LogP contribution in [0.4, 0.5) is 0 Å². The molecule has 0 saturated heterocycles. The van der Waals surface area contributed by atoms with Crippen molar-refractivity contribution in [3.05, 3.63) is 82.4 Å². The fraction of sp³-hybridized carbons (Fsp3) is 0.333. The Bertz CT molecular complexity index is 443. The van der Waals surface area contributed by atoms with Crippen molar-refractivity contribution in [3.8, 4) is 0 Å². The summed E-state index contributed by atoms with van der Waals surface area (Å²) >= 11 is 0. The second kappa shape index (κ2) is 12.0. The molecule has 0 aliphatic rings. The molecule has 106 valence electrons. The smallest absolute Gasteiger partial charge is 0.657 e. The summed E-state index contributed by atoms with van der Waals surface area (Å²) in [6.07, 6.45) is 0. The Balaban J connectivity index is 0.00000220. The molecule has 0 aliphatic heterocycles. The maximum Gasteiger partial charge on any atom is 1.00 e. The summed E-state index contributed by atoms with van der Waals surface area (Å²) in [7, 11) is 0. The van der Waals surface area contributed by atoms with E-state index in [2.05, 4.69) is 73.0 Å². The summed E-state index contributed by atoms with van der Waals surface area (Å²) in [6, 6.07) is 21.3. The van der Waals surface area contributed by atoms with E-state index in [0.717, 1.165) is 13.1 Å². The predicted molar refractivity (Wildman–Crippen MR) is 86.2 cm³/mol. The largest absolute Gasteiger partial charge is 1.00 e. The van der Waals surface area contributed by atoms with Crippen LogP contribution in [0.15, 0.2) is 60.7 Å². The normalized spacial score (nSPS) is 12.6. The summed E-state index contributed by atoms with van der Waals surface area (Å²) < 4.78 is 0. The van der Waals surface area contributed by atoms with Crippen LogP contribution in [0.1, 0.15) is 37.1 Å². The van der Waals surface area contributed by atoms with Crippen LogP contribution in [0, 0.1) is 0 Å². The molecule has 0 heterocycles. The Labute approximate surface area is 158 Å². The first kappa shape index (κ1) is 21.6. The van der Waals surface area contributed by atoms with Gasteiger partial charge in [0, 0.05) is 0 Å². The molecular formula is C18H22Li2N2. The zero-order valence-corrected chi connectivity index (χ0v) is 14.2. The van der Waals surface area contributed by atoms with Crippen LogP contribution < -0.4 is 37.7 Å². The van der Waals surface area contributed by atoms with Gasteiger partial charge >= 0.3 is 37.7 Å². The fourth-order valence-electron chi connectivity index (χ4n) is 2.18. The van der Waals surface area contributed by atoms with Crippen molar-refractivity contribution in [1.29, 1.82) is 0 Å². The molecular weight excluding hydrogens is 258 g/mol. The van der Waals surface area contributed by atoms with Crippen LogP contribution in [0.5, 0.6) is 0 Å². The van der Waals surface area contributed by atoms with E-state index in [-0.39, 0.29) is 49.8 Å². The molecule has 0 radical (unpaired) electrons. The maximum absolute atomic E-state index is 4.67. The molecule has 2 nitrogen and oxygen atoms in total. The first-order valence-corrected chi connectivity index (χ1v) is 7.20. The average molecular weight is 280 g/mol. The quantitative estimate of drug-likeness (QED) is 0.472. The number of benzene rings is 2. The van der Waals surface area contributed by atoms with Gasteiger partial charge in [-0.25, -0.2) is 0 Å². The van der Waals surface area contributed by atoms with E-state index in [1.165, 1.54) is 11.1 Å². The summed E-state index contributed by atoms with van der Waals surface area (Å²) in [5.41, 5.74) is 2.53. The molecule has 2 aromatic rings. The zero-order valence-electron chi connectivity index (χ0n) is 14.2. The SMILES string of the molecule is C[C@H]([N-]CC[N-][C@@H](C)c1ccccc1)c1ccccc1.[Li+].[Li+]. The molecule has 0 bridgehead atoms. The molecule has 0 amide bonds. The molecule has 0 aromatic heterocycles. The van der Waals surface area contributed by atoms with Crippen molar-refractivity contribution in [3.63, 3.8) is 0 Å². The van der Waals surface area contributed by atoms with Gasteiger partial charge in [0.15, 0.2) is 0 Å². The Morgan fingerprint density at radius 2 is 0.955 bits per heavy atom. The summed E-state index contributed by atoms with van der Waals surface area (Å²) in [4.78, 5) is 0. The van der Waals surface area contributed by atoms with E-state index >= 15 is 0 Å². The molecule has 0 aliphatic carbocycles. The summed E-state index contributed by atoms with van der Waals surface area (Å²) in [5, 5.41) is 9.33. The van der Waals surface area contributed by atoms with Crippen molar-refractivity contribution in [2.45, 2.75) is 25.9 Å². The van der Waals surface area contributed by atoms with Gasteiger partial charge in [-0.1, -0.05) is 85.6 Å².